The molecule has 3 rings (SSSR count). The van der Waals surface area contributed by atoms with E-state index in [9.17, 15) is 9.90 Å². The second-order valence-electron chi connectivity index (χ2n) is 5.49. The summed E-state index contributed by atoms with van der Waals surface area (Å²) in [4.78, 5) is 16.3. The van der Waals surface area contributed by atoms with E-state index in [1.807, 2.05) is 30.3 Å². The smallest absolute Gasteiger partial charge is 0.270 e. The summed E-state index contributed by atoms with van der Waals surface area (Å²) < 4.78 is 5.69. The summed E-state index contributed by atoms with van der Waals surface area (Å²) in [5, 5.41) is 15.6. The standard InChI is InChI=1S/C17H19N3O3.2ClH/c21-16-11-18-9-12(16)10-20-17(22)15-8-14(6-7-19-15)23-13-4-2-1-3-5-13;;/h1-8,12,16,18,21H,9-11H2,(H,20,22);2*1H. The quantitative estimate of drug-likeness (QED) is 0.733. The molecule has 2 aromatic rings. The minimum Gasteiger partial charge on any atom is -0.457 e. The fraction of sp³-hybridized carbons (Fsp3) is 0.294. The van der Waals surface area contributed by atoms with E-state index in [2.05, 4.69) is 15.6 Å². The van der Waals surface area contributed by atoms with E-state index in [1.165, 1.54) is 0 Å². The summed E-state index contributed by atoms with van der Waals surface area (Å²) in [6.45, 7) is 1.68. The average Bonchev–Trinajstić information content (AvgIpc) is 2.99. The van der Waals surface area contributed by atoms with Crippen LogP contribution in [-0.4, -0.2) is 41.7 Å². The summed E-state index contributed by atoms with van der Waals surface area (Å²) >= 11 is 0. The largest absolute Gasteiger partial charge is 0.457 e. The van der Waals surface area contributed by atoms with Gasteiger partial charge in [-0.1, -0.05) is 18.2 Å². The number of amides is 1. The van der Waals surface area contributed by atoms with Gasteiger partial charge in [0.25, 0.3) is 5.91 Å². The van der Waals surface area contributed by atoms with Gasteiger partial charge in [-0.25, -0.2) is 0 Å². The molecule has 2 atom stereocenters. The number of hydrogen-bond donors (Lipinski definition) is 3. The highest BCUT2D eigenvalue weighted by molar-refractivity contribution is 5.92. The van der Waals surface area contributed by atoms with Gasteiger partial charge in [0.15, 0.2) is 0 Å². The summed E-state index contributed by atoms with van der Waals surface area (Å²) in [5.41, 5.74) is 0.291. The van der Waals surface area contributed by atoms with E-state index >= 15 is 0 Å². The van der Waals surface area contributed by atoms with Crippen molar-refractivity contribution >= 4 is 30.7 Å². The van der Waals surface area contributed by atoms with Gasteiger partial charge < -0.3 is 20.5 Å². The monoisotopic (exact) mass is 385 g/mol. The number of pyridine rings is 1. The number of aliphatic hydroxyl groups is 1. The maximum Gasteiger partial charge on any atom is 0.270 e. The van der Waals surface area contributed by atoms with Crippen LogP contribution in [0.15, 0.2) is 48.7 Å². The third-order valence-electron chi connectivity index (χ3n) is 3.77. The number of rotatable bonds is 5. The van der Waals surface area contributed by atoms with E-state index < -0.39 is 6.10 Å². The molecule has 1 aliphatic rings. The van der Waals surface area contributed by atoms with Crippen molar-refractivity contribution in [2.45, 2.75) is 6.10 Å². The predicted octanol–water partition coefficient (Wildman–Crippen LogP) is 2.03. The van der Waals surface area contributed by atoms with Gasteiger partial charge in [0, 0.05) is 37.8 Å². The molecule has 2 heterocycles. The number of nitrogens with zero attached hydrogens (tertiary/aromatic N) is 1. The minimum atomic E-state index is -0.420. The van der Waals surface area contributed by atoms with Gasteiger partial charge in [0.2, 0.25) is 0 Å². The Morgan fingerprint density at radius 1 is 1.20 bits per heavy atom. The molecule has 0 saturated carbocycles. The average molecular weight is 386 g/mol. The number of carbonyl (C=O) groups excluding carboxylic acids is 1. The Balaban J connectivity index is 0.00000156. The third kappa shape index (κ3) is 5.86. The van der Waals surface area contributed by atoms with Crippen LogP contribution in [0.1, 0.15) is 10.5 Å². The molecule has 6 nitrogen and oxygen atoms in total. The minimum absolute atomic E-state index is 0. The number of halogens is 2. The van der Waals surface area contributed by atoms with Gasteiger partial charge in [0.05, 0.1) is 6.10 Å². The molecule has 3 N–H and O–H groups in total. The molecule has 1 aromatic carbocycles. The number of aromatic nitrogens is 1. The highest BCUT2D eigenvalue weighted by atomic mass is 35.5. The van der Waals surface area contributed by atoms with Crippen molar-refractivity contribution in [3.63, 3.8) is 0 Å². The van der Waals surface area contributed by atoms with Crippen molar-refractivity contribution in [1.82, 2.24) is 15.6 Å². The SMILES string of the molecule is Cl.Cl.O=C(NCC1CNCC1O)c1cc(Oc2ccccc2)ccn1. The van der Waals surface area contributed by atoms with Crippen molar-refractivity contribution in [3.8, 4) is 11.5 Å². The van der Waals surface area contributed by atoms with Gasteiger partial charge in [-0.3, -0.25) is 9.78 Å². The van der Waals surface area contributed by atoms with Crippen LogP contribution in [0.4, 0.5) is 0 Å². The van der Waals surface area contributed by atoms with Crippen LogP contribution >= 0.6 is 24.8 Å². The van der Waals surface area contributed by atoms with Gasteiger partial charge in [0.1, 0.15) is 17.2 Å². The van der Waals surface area contributed by atoms with Crippen LogP contribution in [0.3, 0.4) is 0 Å². The number of β-amino-alcohol motifs (C(OH)–C–C–N with tert-alkyl or cyclic N) is 1. The number of benzene rings is 1. The molecule has 8 heteroatoms. The second-order valence-corrected chi connectivity index (χ2v) is 5.49. The lowest BCUT2D eigenvalue weighted by molar-refractivity contribution is 0.0922. The van der Waals surface area contributed by atoms with Crippen LogP contribution in [0.2, 0.25) is 0 Å². The van der Waals surface area contributed by atoms with Gasteiger partial charge in [-0.05, 0) is 18.2 Å². The molecular formula is C17H21Cl2N3O3. The molecule has 0 radical (unpaired) electrons. The molecule has 0 spiro atoms. The fourth-order valence-corrected chi connectivity index (χ4v) is 2.47. The van der Waals surface area contributed by atoms with Crippen LogP contribution < -0.4 is 15.4 Å². The highest BCUT2D eigenvalue weighted by Crippen LogP contribution is 2.20. The van der Waals surface area contributed by atoms with Crippen LogP contribution in [0, 0.1) is 5.92 Å². The first-order valence-electron chi connectivity index (χ1n) is 7.58. The molecule has 0 bridgehead atoms. The Morgan fingerprint density at radius 2 is 1.96 bits per heavy atom. The number of nitrogens with one attached hydrogen (secondary N) is 2. The number of ether oxygens (including phenoxy) is 1. The zero-order valence-electron chi connectivity index (χ0n) is 13.4. The number of para-hydroxylation sites is 1. The summed E-state index contributed by atoms with van der Waals surface area (Å²) in [7, 11) is 0. The van der Waals surface area contributed by atoms with E-state index in [1.54, 1.807) is 18.3 Å². The first kappa shape index (κ1) is 21.2. The molecule has 136 valence electrons. The Kier molecular flexibility index (Phi) is 8.65. The van der Waals surface area contributed by atoms with E-state index in [-0.39, 0.29) is 36.6 Å². The molecule has 1 aromatic heterocycles. The Morgan fingerprint density at radius 3 is 2.64 bits per heavy atom. The molecule has 2 unspecified atom stereocenters. The maximum atomic E-state index is 12.2. The lowest BCUT2D eigenvalue weighted by Crippen LogP contribution is -2.34. The summed E-state index contributed by atoms with van der Waals surface area (Å²) in [5.74, 6) is 1.01. The second kappa shape index (κ2) is 10.2. The first-order valence-corrected chi connectivity index (χ1v) is 7.58. The van der Waals surface area contributed by atoms with Crippen LogP contribution in [0.25, 0.3) is 0 Å². The van der Waals surface area contributed by atoms with Crippen LogP contribution in [0.5, 0.6) is 11.5 Å². The lowest BCUT2D eigenvalue weighted by Gasteiger charge is -2.14. The molecule has 0 aliphatic carbocycles. The molecular weight excluding hydrogens is 365 g/mol. The molecule has 1 saturated heterocycles. The molecule has 1 fully saturated rings. The Hall–Kier alpha value is -1.86. The van der Waals surface area contributed by atoms with E-state index in [0.29, 0.717) is 36.8 Å². The van der Waals surface area contributed by atoms with Gasteiger partial charge in [-0.15, -0.1) is 24.8 Å². The Labute approximate surface area is 158 Å². The van der Waals surface area contributed by atoms with Crippen molar-refractivity contribution in [2.75, 3.05) is 19.6 Å². The van der Waals surface area contributed by atoms with E-state index in [4.69, 9.17) is 4.74 Å². The molecule has 1 aliphatic heterocycles. The number of aliphatic hydroxyl groups excluding tert-OH is 1. The molecule has 25 heavy (non-hydrogen) atoms. The van der Waals surface area contributed by atoms with Crippen molar-refractivity contribution in [3.05, 3.63) is 54.4 Å². The molecule has 1 amide bonds. The number of carbonyl (C=O) groups is 1. The predicted molar refractivity (Wildman–Crippen MR) is 99.9 cm³/mol. The third-order valence-corrected chi connectivity index (χ3v) is 3.77. The van der Waals surface area contributed by atoms with Gasteiger partial charge in [-0.2, -0.15) is 0 Å². The number of hydrogen-bond acceptors (Lipinski definition) is 5. The summed E-state index contributed by atoms with van der Waals surface area (Å²) in [6, 6.07) is 12.7. The van der Waals surface area contributed by atoms with Crippen LogP contribution in [-0.2, 0) is 0 Å². The zero-order valence-corrected chi connectivity index (χ0v) is 15.1. The first-order chi connectivity index (χ1) is 11.2. The maximum absolute atomic E-state index is 12.2. The van der Waals surface area contributed by atoms with Crippen molar-refractivity contribution < 1.29 is 14.6 Å². The fourth-order valence-electron chi connectivity index (χ4n) is 2.47. The lowest BCUT2D eigenvalue weighted by atomic mass is 10.1. The zero-order chi connectivity index (χ0) is 16.1. The van der Waals surface area contributed by atoms with Crippen molar-refractivity contribution in [2.24, 2.45) is 5.92 Å². The normalized spacial score (nSPS) is 18.6. The highest BCUT2D eigenvalue weighted by Gasteiger charge is 2.25. The van der Waals surface area contributed by atoms with Crippen molar-refractivity contribution in [1.29, 1.82) is 0 Å². The summed E-state index contributed by atoms with van der Waals surface area (Å²) in [6.07, 6.45) is 1.12. The van der Waals surface area contributed by atoms with E-state index in [0.717, 1.165) is 0 Å². The topological polar surface area (TPSA) is 83.5 Å². The Bertz CT molecular complexity index is 673. The van der Waals surface area contributed by atoms with Gasteiger partial charge >= 0.3 is 0 Å².